The van der Waals surface area contributed by atoms with Crippen molar-refractivity contribution in [2.24, 2.45) is 0 Å². The van der Waals surface area contributed by atoms with Crippen molar-refractivity contribution < 1.29 is 13.9 Å². The topological polar surface area (TPSA) is 44.8 Å². The van der Waals surface area contributed by atoms with Crippen LogP contribution in [-0.4, -0.2) is 55.2 Å². The molecule has 2 heterocycles. The van der Waals surface area contributed by atoms with E-state index < -0.39 is 0 Å². The molecule has 0 radical (unpaired) electrons. The molecule has 0 spiro atoms. The van der Waals surface area contributed by atoms with E-state index in [9.17, 15) is 9.18 Å². The summed E-state index contributed by atoms with van der Waals surface area (Å²) >= 11 is 0. The van der Waals surface area contributed by atoms with Gasteiger partial charge in [0.2, 0.25) is 0 Å². The number of nitrogens with zero attached hydrogens (tertiary/aromatic N) is 2. The van der Waals surface area contributed by atoms with E-state index >= 15 is 0 Å². The van der Waals surface area contributed by atoms with Gasteiger partial charge in [0.25, 0.3) is 0 Å². The largest absolute Gasteiger partial charge is 0.497 e. The van der Waals surface area contributed by atoms with Gasteiger partial charge in [0.1, 0.15) is 11.6 Å². The minimum atomic E-state index is -0.305. The number of carbonyl (C=O) groups excluding carboxylic acids is 1. The third-order valence-corrected chi connectivity index (χ3v) is 7.08. The molecule has 5 rings (SSSR count). The molecule has 0 saturated carbocycles. The Balaban J connectivity index is 1.25. The molecule has 3 aromatic carbocycles. The zero-order valence-corrected chi connectivity index (χ0v) is 20.4. The van der Waals surface area contributed by atoms with Gasteiger partial charge in [-0.15, -0.1) is 0 Å². The summed E-state index contributed by atoms with van der Waals surface area (Å²) in [6.45, 7) is 3.52. The Morgan fingerprint density at radius 3 is 2.44 bits per heavy atom. The first-order chi connectivity index (χ1) is 17.6. The highest BCUT2D eigenvalue weighted by molar-refractivity contribution is 5.89. The van der Waals surface area contributed by atoms with Gasteiger partial charge in [-0.25, -0.2) is 9.18 Å². The zero-order valence-electron chi connectivity index (χ0n) is 20.4. The predicted molar refractivity (Wildman–Crippen MR) is 140 cm³/mol. The van der Waals surface area contributed by atoms with E-state index in [1.807, 2.05) is 41.3 Å². The van der Waals surface area contributed by atoms with E-state index in [0.29, 0.717) is 24.1 Å². The lowest BCUT2D eigenvalue weighted by molar-refractivity contribution is 0.0272. The second-order valence-electron chi connectivity index (χ2n) is 9.33. The summed E-state index contributed by atoms with van der Waals surface area (Å²) in [5.41, 5.74) is 3.27. The highest BCUT2D eigenvalue weighted by atomic mass is 19.1. The van der Waals surface area contributed by atoms with Gasteiger partial charge < -0.3 is 15.0 Å². The summed E-state index contributed by atoms with van der Waals surface area (Å²) in [5, 5.41) is 3.04. The van der Waals surface area contributed by atoms with Crippen LogP contribution in [0.4, 0.5) is 14.9 Å². The number of benzene rings is 3. The monoisotopic (exact) mass is 483 g/mol. The molecule has 2 aliphatic heterocycles. The highest BCUT2D eigenvalue weighted by Gasteiger charge is 2.41. The second kappa shape index (κ2) is 10.8. The molecule has 0 aromatic heterocycles. The molecule has 2 aliphatic rings. The minimum Gasteiger partial charge on any atom is -0.497 e. The summed E-state index contributed by atoms with van der Waals surface area (Å²) in [6, 6.07) is 22.4. The fourth-order valence-electron chi connectivity index (χ4n) is 4.97. The first-order valence-corrected chi connectivity index (χ1v) is 12.4. The number of ether oxygens (including phenoxy) is 1. The van der Waals surface area contributed by atoms with E-state index in [4.69, 9.17) is 4.74 Å². The third kappa shape index (κ3) is 5.37. The van der Waals surface area contributed by atoms with Gasteiger partial charge in [0.15, 0.2) is 0 Å². The van der Waals surface area contributed by atoms with Gasteiger partial charge in [-0.3, -0.25) is 4.90 Å². The molecule has 36 heavy (non-hydrogen) atoms. The Morgan fingerprint density at radius 1 is 0.944 bits per heavy atom. The van der Waals surface area contributed by atoms with Crippen LogP contribution in [0.3, 0.4) is 0 Å². The van der Waals surface area contributed by atoms with E-state index in [2.05, 4.69) is 34.2 Å². The minimum absolute atomic E-state index is 0.0635. The SMILES string of the molecule is COc1ccc(NC(=O)N2CCCCN3C[C@H](c4ccc(C#Cc5ccccc5F)cc4)[C@@H]3C2)cc1. The Morgan fingerprint density at radius 2 is 1.69 bits per heavy atom. The van der Waals surface area contributed by atoms with E-state index in [0.717, 1.165) is 49.5 Å². The Labute approximate surface area is 211 Å². The number of rotatable bonds is 3. The molecular formula is C30H30FN3O2. The number of hydrogen-bond donors (Lipinski definition) is 1. The molecule has 0 unspecified atom stereocenters. The summed E-state index contributed by atoms with van der Waals surface area (Å²) < 4.78 is 19.0. The van der Waals surface area contributed by atoms with Crippen molar-refractivity contribution in [3.63, 3.8) is 0 Å². The van der Waals surface area contributed by atoms with Crippen molar-refractivity contribution in [1.82, 2.24) is 9.80 Å². The maximum atomic E-state index is 13.8. The van der Waals surface area contributed by atoms with Crippen LogP contribution in [0.15, 0.2) is 72.8 Å². The predicted octanol–water partition coefficient (Wildman–Crippen LogP) is 5.33. The quantitative estimate of drug-likeness (QED) is 0.512. The zero-order chi connectivity index (χ0) is 24.9. The van der Waals surface area contributed by atoms with Gasteiger partial charge in [0, 0.05) is 42.8 Å². The van der Waals surface area contributed by atoms with Crippen molar-refractivity contribution in [1.29, 1.82) is 0 Å². The van der Waals surface area contributed by atoms with Gasteiger partial charge in [-0.1, -0.05) is 36.1 Å². The Bertz CT molecular complexity index is 1260. The van der Waals surface area contributed by atoms with E-state index in [1.54, 1.807) is 25.3 Å². The van der Waals surface area contributed by atoms with Crippen LogP contribution in [0.5, 0.6) is 5.75 Å². The average Bonchev–Trinajstić information content (AvgIpc) is 2.89. The normalized spacial score (nSPS) is 19.6. The van der Waals surface area contributed by atoms with Crippen molar-refractivity contribution in [2.75, 3.05) is 38.6 Å². The number of nitrogens with one attached hydrogen (secondary N) is 1. The molecule has 5 nitrogen and oxygen atoms in total. The molecule has 2 amide bonds. The van der Waals surface area contributed by atoms with Crippen molar-refractivity contribution in [3.05, 3.63) is 95.3 Å². The van der Waals surface area contributed by atoms with E-state index in [-0.39, 0.29) is 11.8 Å². The molecule has 184 valence electrons. The molecule has 6 heteroatoms. The summed E-state index contributed by atoms with van der Waals surface area (Å²) in [5.74, 6) is 6.81. The number of anilines is 1. The molecule has 1 N–H and O–H groups in total. The molecular weight excluding hydrogens is 453 g/mol. The number of urea groups is 1. The smallest absolute Gasteiger partial charge is 0.321 e. The van der Waals surface area contributed by atoms with Crippen molar-refractivity contribution >= 4 is 11.7 Å². The lowest BCUT2D eigenvalue weighted by Gasteiger charge is -2.51. The van der Waals surface area contributed by atoms with Crippen LogP contribution >= 0.6 is 0 Å². The van der Waals surface area contributed by atoms with E-state index in [1.165, 1.54) is 11.6 Å². The van der Waals surface area contributed by atoms with Crippen LogP contribution in [0.1, 0.15) is 35.4 Å². The van der Waals surface area contributed by atoms with Gasteiger partial charge in [-0.2, -0.15) is 0 Å². The maximum Gasteiger partial charge on any atom is 0.321 e. The van der Waals surface area contributed by atoms with Crippen molar-refractivity contribution in [2.45, 2.75) is 24.8 Å². The number of halogens is 1. The van der Waals surface area contributed by atoms with Crippen LogP contribution in [0.25, 0.3) is 0 Å². The maximum absolute atomic E-state index is 13.8. The van der Waals surface area contributed by atoms with Crippen molar-refractivity contribution in [3.8, 4) is 17.6 Å². The van der Waals surface area contributed by atoms with Crippen LogP contribution in [0, 0.1) is 17.7 Å². The molecule has 2 atom stereocenters. The fraction of sp³-hybridized carbons (Fsp3) is 0.300. The molecule has 2 saturated heterocycles. The Kier molecular flexibility index (Phi) is 7.20. The number of carbonyl (C=O) groups is 1. The van der Waals surface area contributed by atoms with Gasteiger partial charge in [0.05, 0.1) is 12.7 Å². The number of amides is 2. The molecule has 0 bridgehead atoms. The molecule has 0 aliphatic carbocycles. The summed E-state index contributed by atoms with van der Waals surface area (Å²) in [4.78, 5) is 17.5. The highest BCUT2D eigenvalue weighted by Crippen LogP contribution is 2.36. The summed E-state index contributed by atoms with van der Waals surface area (Å²) in [6.07, 6.45) is 2.08. The van der Waals surface area contributed by atoms with Gasteiger partial charge >= 0.3 is 6.03 Å². The summed E-state index contributed by atoms with van der Waals surface area (Å²) in [7, 11) is 1.63. The lowest BCUT2D eigenvalue weighted by atomic mass is 9.81. The van der Waals surface area contributed by atoms with Crippen LogP contribution < -0.4 is 10.1 Å². The first kappa shape index (κ1) is 23.9. The number of hydrogen-bond acceptors (Lipinski definition) is 3. The Hall–Kier alpha value is -3.82. The van der Waals surface area contributed by atoms with Crippen LogP contribution in [0.2, 0.25) is 0 Å². The first-order valence-electron chi connectivity index (χ1n) is 12.4. The van der Waals surface area contributed by atoms with Crippen LogP contribution in [-0.2, 0) is 0 Å². The number of fused-ring (bicyclic) bond motifs is 1. The third-order valence-electron chi connectivity index (χ3n) is 7.08. The second-order valence-corrected chi connectivity index (χ2v) is 9.33. The number of methoxy groups -OCH3 is 1. The fourth-order valence-corrected chi connectivity index (χ4v) is 4.97. The molecule has 2 fully saturated rings. The average molecular weight is 484 g/mol. The standard InChI is InChI=1S/C30H30FN3O2/c1-36-26-16-14-25(15-17-26)32-30(35)34-19-5-4-18-33-20-27(29(33)21-34)23-11-8-22(9-12-23)10-13-24-6-2-3-7-28(24)31/h2-3,6-9,11-12,14-17,27,29H,4-5,18-21H2,1H3,(H,32,35)/t27-,29+/m1/s1. The van der Waals surface area contributed by atoms with Gasteiger partial charge in [-0.05, 0) is 73.5 Å². The molecule has 3 aromatic rings. The lowest BCUT2D eigenvalue weighted by Crippen LogP contribution is -2.61.